The Morgan fingerprint density at radius 2 is 1.50 bits per heavy atom. The Hall–Kier alpha value is -3.47. The standard InChI is InChI=1S/C23H22N2O3/c1-18-9-8-14-21(22(18)25(27)28)23(26)24(17-20-12-6-3-7-13-20)16-15-19-10-4-2-5-11-19/h2-14H,15-17H2,1H3. The molecule has 0 fully saturated rings. The Bertz CT molecular complexity index is 956. The quantitative estimate of drug-likeness (QED) is 0.441. The van der Waals surface area contributed by atoms with E-state index in [1.54, 1.807) is 24.0 Å². The number of carbonyl (C=O) groups is 1. The first-order valence-electron chi connectivity index (χ1n) is 9.17. The van der Waals surface area contributed by atoms with Gasteiger partial charge in [0.1, 0.15) is 5.56 Å². The molecular weight excluding hydrogens is 352 g/mol. The Morgan fingerprint density at radius 1 is 0.893 bits per heavy atom. The van der Waals surface area contributed by atoms with Gasteiger partial charge in [-0.05, 0) is 30.5 Å². The van der Waals surface area contributed by atoms with Gasteiger partial charge in [0, 0.05) is 18.7 Å². The predicted molar refractivity (Wildman–Crippen MR) is 109 cm³/mol. The van der Waals surface area contributed by atoms with Gasteiger partial charge in [-0.25, -0.2) is 0 Å². The third-order valence-electron chi connectivity index (χ3n) is 4.67. The first-order chi connectivity index (χ1) is 13.6. The van der Waals surface area contributed by atoms with Crippen molar-refractivity contribution in [2.45, 2.75) is 19.9 Å². The molecule has 142 valence electrons. The van der Waals surface area contributed by atoms with Crippen molar-refractivity contribution in [3.8, 4) is 0 Å². The lowest BCUT2D eigenvalue weighted by atomic mass is 10.1. The molecule has 0 unspecified atom stereocenters. The summed E-state index contributed by atoms with van der Waals surface area (Å²) in [4.78, 5) is 26.0. The highest BCUT2D eigenvalue weighted by molar-refractivity contribution is 5.98. The summed E-state index contributed by atoms with van der Waals surface area (Å²) in [5.74, 6) is -0.324. The number of benzene rings is 3. The van der Waals surface area contributed by atoms with Gasteiger partial charge >= 0.3 is 0 Å². The summed E-state index contributed by atoms with van der Waals surface area (Å²) in [6.45, 7) is 2.53. The molecular formula is C23H22N2O3. The zero-order chi connectivity index (χ0) is 19.9. The van der Waals surface area contributed by atoms with Crippen LogP contribution in [0.15, 0.2) is 78.9 Å². The Labute approximate surface area is 164 Å². The average molecular weight is 374 g/mol. The Kier molecular flexibility index (Phi) is 6.17. The van der Waals surface area contributed by atoms with Gasteiger partial charge in [-0.1, -0.05) is 72.8 Å². The Morgan fingerprint density at radius 3 is 2.11 bits per heavy atom. The molecule has 0 bridgehead atoms. The molecule has 28 heavy (non-hydrogen) atoms. The number of amides is 1. The van der Waals surface area contributed by atoms with Crippen molar-refractivity contribution < 1.29 is 9.72 Å². The van der Waals surface area contributed by atoms with Gasteiger partial charge in [-0.3, -0.25) is 14.9 Å². The number of para-hydroxylation sites is 1. The topological polar surface area (TPSA) is 63.5 Å². The molecule has 0 spiro atoms. The maximum Gasteiger partial charge on any atom is 0.285 e. The average Bonchev–Trinajstić information content (AvgIpc) is 2.71. The minimum Gasteiger partial charge on any atom is -0.334 e. The van der Waals surface area contributed by atoms with E-state index in [0.29, 0.717) is 25.1 Å². The zero-order valence-electron chi connectivity index (χ0n) is 15.7. The molecule has 0 aromatic heterocycles. The maximum absolute atomic E-state index is 13.3. The van der Waals surface area contributed by atoms with E-state index >= 15 is 0 Å². The normalized spacial score (nSPS) is 10.5. The van der Waals surface area contributed by atoms with E-state index in [1.807, 2.05) is 60.7 Å². The van der Waals surface area contributed by atoms with Crippen LogP contribution >= 0.6 is 0 Å². The third kappa shape index (κ3) is 4.62. The molecule has 0 N–H and O–H groups in total. The number of nitro groups is 1. The van der Waals surface area contributed by atoms with Crippen LogP contribution in [0.2, 0.25) is 0 Å². The number of rotatable bonds is 7. The molecule has 0 saturated heterocycles. The summed E-state index contributed by atoms with van der Waals surface area (Å²) < 4.78 is 0. The number of hydrogen-bond acceptors (Lipinski definition) is 3. The van der Waals surface area contributed by atoms with Crippen molar-refractivity contribution in [1.82, 2.24) is 4.90 Å². The fraction of sp³-hybridized carbons (Fsp3) is 0.174. The lowest BCUT2D eigenvalue weighted by molar-refractivity contribution is -0.385. The SMILES string of the molecule is Cc1cccc(C(=O)N(CCc2ccccc2)Cc2ccccc2)c1[N+](=O)[O-]. The summed E-state index contributed by atoms with van der Waals surface area (Å²) in [7, 11) is 0. The molecule has 3 aromatic carbocycles. The summed E-state index contributed by atoms with van der Waals surface area (Å²) in [6, 6.07) is 24.4. The van der Waals surface area contributed by atoms with Crippen molar-refractivity contribution in [1.29, 1.82) is 0 Å². The van der Waals surface area contributed by atoms with Gasteiger partial charge in [-0.2, -0.15) is 0 Å². The molecule has 3 aromatic rings. The molecule has 5 heteroatoms. The van der Waals surface area contributed by atoms with Gasteiger partial charge in [0.15, 0.2) is 0 Å². The number of carbonyl (C=O) groups excluding carboxylic acids is 1. The van der Waals surface area contributed by atoms with Crippen LogP contribution in [0.4, 0.5) is 5.69 Å². The lowest BCUT2D eigenvalue weighted by Gasteiger charge is -2.23. The van der Waals surface area contributed by atoms with Gasteiger partial charge in [0.2, 0.25) is 0 Å². The van der Waals surface area contributed by atoms with Crippen LogP contribution in [0.5, 0.6) is 0 Å². The fourth-order valence-corrected chi connectivity index (χ4v) is 3.21. The first kappa shape index (κ1) is 19.3. The highest BCUT2D eigenvalue weighted by Gasteiger charge is 2.26. The summed E-state index contributed by atoms with van der Waals surface area (Å²) in [6.07, 6.45) is 0.680. The third-order valence-corrected chi connectivity index (χ3v) is 4.67. The minimum absolute atomic E-state index is 0.120. The maximum atomic E-state index is 13.3. The molecule has 0 heterocycles. The fourth-order valence-electron chi connectivity index (χ4n) is 3.21. The molecule has 0 aliphatic rings. The molecule has 1 amide bonds. The van der Waals surface area contributed by atoms with E-state index in [9.17, 15) is 14.9 Å². The largest absolute Gasteiger partial charge is 0.334 e. The van der Waals surface area contributed by atoms with Crippen LogP contribution in [-0.2, 0) is 13.0 Å². The van der Waals surface area contributed by atoms with E-state index in [-0.39, 0.29) is 17.2 Å². The molecule has 3 rings (SSSR count). The van der Waals surface area contributed by atoms with Gasteiger partial charge < -0.3 is 4.90 Å². The second-order valence-corrected chi connectivity index (χ2v) is 6.68. The van der Waals surface area contributed by atoms with Gasteiger partial charge in [0.05, 0.1) is 4.92 Å². The van der Waals surface area contributed by atoms with Crippen molar-refractivity contribution in [2.24, 2.45) is 0 Å². The molecule has 0 saturated carbocycles. The highest BCUT2D eigenvalue weighted by Crippen LogP contribution is 2.25. The van der Waals surface area contributed by atoms with E-state index in [1.165, 1.54) is 6.07 Å². The monoisotopic (exact) mass is 374 g/mol. The zero-order valence-corrected chi connectivity index (χ0v) is 15.7. The summed E-state index contributed by atoms with van der Waals surface area (Å²) >= 11 is 0. The number of hydrogen-bond donors (Lipinski definition) is 0. The van der Waals surface area contributed by atoms with Gasteiger partial charge in [0.25, 0.3) is 11.6 Å². The van der Waals surface area contributed by atoms with Crippen LogP contribution in [0, 0.1) is 17.0 Å². The Balaban J connectivity index is 1.90. The van der Waals surface area contributed by atoms with Crippen molar-refractivity contribution in [2.75, 3.05) is 6.54 Å². The van der Waals surface area contributed by atoms with Crippen LogP contribution in [0.3, 0.4) is 0 Å². The van der Waals surface area contributed by atoms with E-state index in [2.05, 4.69) is 0 Å². The molecule has 0 radical (unpaired) electrons. The molecule has 0 atom stereocenters. The molecule has 0 aliphatic heterocycles. The second kappa shape index (κ2) is 8.95. The van der Waals surface area contributed by atoms with E-state index in [4.69, 9.17) is 0 Å². The van der Waals surface area contributed by atoms with Crippen molar-refractivity contribution in [3.05, 3.63) is 111 Å². The van der Waals surface area contributed by atoms with Crippen LogP contribution in [-0.4, -0.2) is 22.3 Å². The van der Waals surface area contributed by atoms with Crippen molar-refractivity contribution in [3.63, 3.8) is 0 Å². The minimum atomic E-state index is -0.472. The second-order valence-electron chi connectivity index (χ2n) is 6.68. The number of nitro benzene ring substituents is 1. The highest BCUT2D eigenvalue weighted by atomic mass is 16.6. The number of nitrogens with zero attached hydrogens (tertiary/aromatic N) is 2. The molecule has 0 aliphatic carbocycles. The van der Waals surface area contributed by atoms with Crippen molar-refractivity contribution >= 4 is 11.6 Å². The van der Waals surface area contributed by atoms with E-state index < -0.39 is 4.92 Å². The lowest BCUT2D eigenvalue weighted by Crippen LogP contribution is -2.33. The smallest absolute Gasteiger partial charge is 0.285 e. The summed E-state index contributed by atoms with van der Waals surface area (Å²) in [5, 5.41) is 11.5. The first-order valence-corrected chi connectivity index (χ1v) is 9.17. The van der Waals surface area contributed by atoms with E-state index in [0.717, 1.165) is 11.1 Å². The summed E-state index contributed by atoms with van der Waals surface area (Å²) in [5.41, 5.74) is 2.60. The van der Waals surface area contributed by atoms with Crippen LogP contribution in [0.1, 0.15) is 27.0 Å². The van der Waals surface area contributed by atoms with Crippen LogP contribution < -0.4 is 0 Å². The predicted octanol–water partition coefficient (Wildman–Crippen LogP) is 4.79. The molecule has 5 nitrogen and oxygen atoms in total. The number of aryl methyl sites for hydroxylation is 1. The van der Waals surface area contributed by atoms with Crippen LogP contribution in [0.25, 0.3) is 0 Å². The van der Waals surface area contributed by atoms with Gasteiger partial charge in [-0.15, -0.1) is 0 Å².